The normalized spacial score (nSPS) is 11.8. The van der Waals surface area contributed by atoms with Gasteiger partial charge >= 0.3 is 5.97 Å². The second-order valence-electron chi connectivity index (χ2n) is 9.11. The number of thioether (sulfide) groups is 1. The Morgan fingerprint density at radius 3 is 2.49 bits per heavy atom. The number of carboxylic acids is 1. The van der Waals surface area contributed by atoms with E-state index in [2.05, 4.69) is 5.32 Å². The summed E-state index contributed by atoms with van der Waals surface area (Å²) in [5, 5.41) is 13.0. The lowest BCUT2D eigenvalue weighted by atomic mass is 9.94. The Morgan fingerprint density at radius 1 is 1.00 bits per heavy atom. The van der Waals surface area contributed by atoms with E-state index in [-0.39, 0.29) is 13.2 Å². The third-order valence-electron chi connectivity index (χ3n) is 6.28. The van der Waals surface area contributed by atoms with E-state index in [4.69, 9.17) is 20.8 Å². The second kappa shape index (κ2) is 13.5. The number of halogens is 1. The van der Waals surface area contributed by atoms with E-state index in [0.717, 1.165) is 33.6 Å². The molecule has 6 nitrogen and oxygen atoms in total. The zero-order chi connectivity index (χ0) is 27.8. The van der Waals surface area contributed by atoms with Crippen LogP contribution in [-0.2, 0) is 22.7 Å². The quantitative estimate of drug-likeness (QED) is 0.189. The first-order valence-electron chi connectivity index (χ1n) is 12.5. The molecule has 0 saturated heterocycles. The molecule has 0 radical (unpaired) electrons. The van der Waals surface area contributed by atoms with Crippen LogP contribution in [0, 0.1) is 6.92 Å². The number of carbonyl (C=O) groups excluding carboxylic acids is 1. The average Bonchev–Trinajstić information content (AvgIpc) is 3.40. The van der Waals surface area contributed by atoms with Crippen molar-refractivity contribution < 1.29 is 23.8 Å². The molecule has 1 heterocycles. The van der Waals surface area contributed by atoms with E-state index in [0.29, 0.717) is 28.5 Å². The molecule has 4 aromatic rings. The zero-order valence-corrected chi connectivity index (χ0v) is 23.4. The summed E-state index contributed by atoms with van der Waals surface area (Å²) >= 11 is 7.51. The Labute approximate surface area is 237 Å². The first-order valence-corrected chi connectivity index (χ1v) is 14.3. The lowest BCUT2D eigenvalue weighted by Gasteiger charge is -2.17. The van der Waals surface area contributed by atoms with Gasteiger partial charge in [-0.3, -0.25) is 4.79 Å². The van der Waals surface area contributed by atoms with Crippen molar-refractivity contribution in [3.63, 3.8) is 0 Å². The van der Waals surface area contributed by atoms with Gasteiger partial charge in [0.2, 0.25) is 0 Å². The summed E-state index contributed by atoms with van der Waals surface area (Å²) in [6.45, 7) is 2.48. The molecular formula is C31H30ClNO5S. The first kappa shape index (κ1) is 28.5. The molecule has 4 rings (SSSR count). The highest BCUT2D eigenvalue weighted by Gasteiger charge is 2.23. The van der Waals surface area contributed by atoms with Crippen molar-refractivity contribution in [2.24, 2.45) is 0 Å². The van der Waals surface area contributed by atoms with Crippen molar-refractivity contribution in [1.29, 1.82) is 0 Å². The number of aryl methyl sites for hydroxylation is 1. The highest BCUT2D eigenvalue weighted by molar-refractivity contribution is 7.98. The minimum atomic E-state index is -1.05. The summed E-state index contributed by atoms with van der Waals surface area (Å²) in [7, 11) is 0. The fourth-order valence-corrected chi connectivity index (χ4v) is 4.80. The summed E-state index contributed by atoms with van der Waals surface area (Å²) in [6, 6.07) is 23.6. The van der Waals surface area contributed by atoms with Crippen LogP contribution in [-0.4, -0.2) is 35.0 Å². The number of carboxylic acid groups (broad SMARTS) is 1. The number of ether oxygens (including phenoxy) is 1. The van der Waals surface area contributed by atoms with Gasteiger partial charge in [0.1, 0.15) is 24.2 Å². The van der Waals surface area contributed by atoms with Crippen molar-refractivity contribution in [2.75, 3.05) is 12.0 Å². The second-order valence-corrected chi connectivity index (χ2v) is 10.5. The fraction of sp³-hybridized carbons (Fsp3) is 0.226. The Kier molecular flexibility index (Phi) is 9.87. The summed E-state index contributed by atoms with van der Waals surface area (Å²) in [6.07, 6.45) is 2.24. The predicted molar refractivity (Wildman–Crippen MR) is 156 cm³/mol. The lowest BCUT2D eigenvalue weighted by Crippen LogP contribution is -2.41. The van der Waals surface area contributed by atoms with Crippen molar-refractivity contribution in [3.8, 4) is 22.5 Å². The van der Waals surface area contributed by atoms with Gasteiger partial charge in [-0.25, -0.2) is 4.79 Å². The van der Waals surface area contributed by atoms with Gasteiger partial charge in [-0.2, -0.15) is 11.8 Å². The van der Waals surface area contributed by atoms with Gasteiger partial charge in [-0.15, -0.1) is 0 Å². The molecule has 0 aliphatic rings. The summed E-state index contributed by atoms with van der Waals surface area (Å²) < 4.78 is 11.8. The molecule has 1 amide bonds. The molecule has 3 aromatic carbocycles. The standard InChI is InChI=1S/C31H30ClNO5S/c1-20-5-3-4-6-25(20)26-13-7-21(17-27(26)30(34)33-28(31(35)36)15-16-39-2)18-37-19-24-12-14-29(38-24)22-8-10-23(32)11-9-22/h3-14,17,28H,15-16,18-19H2,1-2H3,(H,33,34)(H,35,36)/t28-/m0/s1. The Hall–Kier alpha value is -3.52. The van der Waals surface area contributed by atoms with Crippen molar-refractivity contribution in [3.05, 3.63) is 106 Å². The van der Waals surface area contributed by atoms with Crippen LogP contribution < -0.4 is 5.32 Å². The molecular weight excluding hydrogens is 534 g/mol. The molecule has 0 saturated carbocycles. The van der Waals surface area contributed by atoms with Crippen molar-refractivity contribution in [1.82, 2.24) is 5.32 Å². The van der Waals surface area contributed by atoms with E-state index in [1.54, 1.807) is 6.07 Å². The van der Waals surface area contributed by atoms with E-state index in [1.165, 1.54) is 11.8 Å². The third-order valence-corrected chi connectivity index (χ3v) is 7.18. The van der Waals surface area contributed by atoms with E-state index in [9.17, 15) is 14.7 Å². The maximum absolute atomic E-state index is 13.4. The molecule has 0 unspecified atom stereocenters. The maximum Gasteiger partial charge on any atom is 0.326 e. The van der Waals surface area contributed by atoms with Crippen LogP contribution >= 0.6 is 23.4 Å². The molecule has 0 aliphatic heterocycles. The van der Waals surface area contributed by atoms with Crippen LogP contribution in [0.2, 0.25) is 5.02 Å². The SMILES string of the molecule is CSCC[C@H](NC(=O)c1cc(COCc2ccc(-c3ccc(Cl)cc3)o2)ccc1-c1ccccc1C)C(=O)O. The summed E-state index contributed by atoms with van der Waals surface area (Å²) in [5.41, 5.74) is 4.78. The predicted octanol–water partition coefficient (Wildman–Crippen LogP) is 7.23. The van der Waals surface area contributed by atoms with Gasteiger partial charge in [-0.05, 0) is 90.1 Å². The van der Waals surface area contributed by atoms with Gasteiger partial charge in [0.25, 0.3) is 5.91 Å². The topological polar surface area (TPSA) is 88.8 Å². The largest absolute Gasteiger partial charge is 0.480 e. The van der Waals surface area contributed by atoms with Crippen LogP contribution in [0.4, 0.5) is 0 Å². The molecule has 39 heavy (non-hydrogen) atoms. The van der Waals surface area contributed by atoms with Crippen molar-refractivity contribution in [2.45, 2.75) is 32.6 Å². The third kappa shape index (κ3) is 7.53. The Bertz CT molecular complexity index is 1430. The van der Waals surface area contributed by atoms with Crippen LogP contribution in [0.25, 0.3) is 22.5 Å². The van der Waals surface area contributed by atoms with E-state index < -0.39 is 17.9 Å². The van der Waals surface area contributed by atoms with Gasteiger partial charge in [0, 0.05) is 16.1 Å². The van der Waals surface area contributed by atoms with E-state index in [1.807, 2.05) is 86.0 Å². The summed E-state index contributed by atoms with van der Waals surface area (Å²) in [5.74, 6) is 0.546. The molecule has 1 aromatic heterocycles. The Morgan fingerprint density at radius 2 is 1.77 bits per heavy atom. The monoisotopic (exact) mass is 563 g/mol. The number of nitrogens with one attached hydrogen (secondary N) is 1. The fourth-order valence-electron chi connectivity index (χ4n) is 4.20. The minimum Gasteiger partial charge on any atom is -0.480 e. The number of furan rings is 1. The smallest absolute Gasteiger partial charge is 0.326 e. The van der Waals surface area contributed by atoms with Crippen LogP contribution in [0.5, 0.6) is 0 Å². The Balaban J connectivity index is 1.51. The summed E-state index contributed by atoms with van der Waals surface area (Å²) in [4.78, 5) is 25.2. The molecule has 8 heteroatoms. The molecule has 1 atom stereocenters. The number of rotatable bonds is 12. The number of hydrogen-bond acceptors (Lipinski definition) is 5. The molecule has 2 N–H and O–H groups in total. The van der Waals surface area contributed by atoms with Gasteiger partial charge < -0.3 is 19.6 Å². The van der Waals surface area contributed by atoms with Crippen LogP contribution in [0.1, 0.15) is 33.7 Å². The van der Waals surface area contributed by atoms with Crippen LogP contribution in [0.15, 0.2) is 83.3 Å². The number of carbonyl (C=O) groups is 2. The van der Waals surface area contributed by atoms with Gasteiger partial charge in [0.15, 0.2) is 0 Å². The number of benzene rings is 3. The molecule has 0 fully saturated rings. The highest BCUT2D eigenvalue weighted by Crippen LogP contribution is 2.29. The lowest BCUT2D eigenvalue weighted by molar-refractivity contribution is -0.139. The first-order chi connectivity index (χ1) is 18.9. The molecule has 0 spiro atoms. The highest BCUT2D eigenvalue weighted by atomic mass is 35.5. The number of amides is 1. The molecule has 0 bridgehead atoms. The van der Waals surface area contributed by atoms with Crippen molar-refractivity contribution >= 4 is 35.2 Å². The number of aliphatic carboxylic acids is 1. The number of hydrogen-bond donors (Lipinski definition) is 2. The minimum absolute atomic E-state index is 0.250. The zero-order valence-electron chi connectivity index (χ0n) is 21.8. The molecule has 202 valence electrons. The molecule has 0 aliphatic carbocycles. The average molecular weight is 564 g/mol. The van der Waals surface area contributed by atoms with Crippen LogP contribution in [0.3, 0.4) is 0 Å². The van der Waals surface area contributed by atoms with Gasteiger partial charge in [0.05, 0.1) is 6.61 Å². The van der Waals surface area contributed by atoms with Gasteiger partial charge in [-0.1, -0.05) is 48.0 Å². The van der Waals surface area contributed by atoms with E-state index >= 15 is 0 Å². The maximum atomic E-state index is 13.4.